The van der Waals surface area contributed by atoms with Crippen molar-refractivity contribution in [1.29, 1.82) is 0 Å². The minimum atomic E-state index is -0.339. The Morgan fingerprint density at radius 2 is 0.474 bits per heavy atom. The molecule has 0 atom stereocenters. The largest absolute Gasteiger partial charge is 0.378 e. The second-order valence-electron chi connectivity index (χ2n) is 36.0. The summed E-state index contributed by atoms with van der Waals surface area (Å²) in [5, 5.41) is 21.6. The van der Waals surface area contributed by atoms with Gasteiger partial charge < -0.3 is 39.5 Å². The minimum absolute atomic E-state index is 0.00276. The van der Waals surface area contributed by atoms with Crippen LogP contribution < -0.4 is 31.9 Å². The van der Waals surface area contributed by atoms with Gasteiger partial charge in [-0.1, -0.05) is 96.3 Å². The lowest BCUT2D eigenvalue weighted by atomic mass is 9.78. The molecule has 0 aromatic carbocycles. The Kier molecular flexibility index (Phi) is 30.8. The summed E-state index contributed by atoms with van der Waals surface area (Å²) >= 11 is 0. The third-order valence-electron chi connectivity index (χ3n) is 21.2. The highest BCUT2D eigenvalue weighted by Crippen LogP contribution is 2.38. The van der Waals surface area contributed by atoms with Crippen LogP contribution in [0.3, 0.4) is 0 Å². The van der Waals surface area contributed by atoms with Crippen LogP contribution in [0.25, 0.3) is 0 Å². The maximum Gasteiger partial charge on any atom is 0.243 e. The summed E-state index contributed by atoms with van der Waals surface area (Å²) in [6.07, 6.45) is 34.0. The van der Waals surface area contributed by atoms with Gasteiger partial charge in [0.25, 0.3) is 0 Å². The Labute approximate surface area is 580 Å². The van der Waals surface area contributed by atoms with E-state index in [0.29, 0.717) is 42.7 Å². The van der Waals surface area contributed by atoms with Gasteiger partial charge in [0, 0.05) is 119 Å². The number of morpholine rings is 1. The highest BCUT2D eigenvalue weighted by Gasteiger charge is 2.49. The first-order valence-corrected chi connectivity index (χ1v) is 39.0. The highest BCUT2D eigenvalue weighted by atomic mass is 16.5. The van der Waals surface area contributed by atoms with Crippen LogP contribution in [-0.2, 0) is 28.7 Å². The van der Waals surface area contributed by atoms with Crippen LogP contribution in [0.15, 0.2) is 0 Å². The first kappa shape index (κ1) is 81.0. The molecule has 6 N–H and O–H groups in total. The van der Waals surface area contributed by atoms with Crippen LogP contribution >= 0.6 is 0 Å². The number of likely N-dealkylation sites (tertiary alicyclic amines) is 2. The van der Waals surface area contributed by atoms with E-state index in [1.54, 1.807) is 0 Å². The molecule has 0 radical (unpaired) electrons. The van der Waals surface area contributed by atoms with Crippen LogP contribution in [-0.4, -0.2) is 226 Å². The van der Waals surface area contributed by atoms with E-state index in [1.807, 2.05) is 4.90 Å². The third kappa shape index (κ3) is 25.6. The zero-order chi connectivity index (χ0) is 69.8. The van der Waals surface area contributed by atoms with Crippen LogP contribution in [0.4, 0.5) is 0 Å². The Balaban J connectivity index is 0.000000188. The molecule has 0 aromatic heterocycles. The first-order valence-electron chi connectivity index (χ1n) is 39.0. The van der Waals surface area contributed by atoms with Gasteiger partial charge in [-0.05, 0) is 207 Å². The number of amides is 5. The molecule has 10 fully saturated rings. The number of piperazine rings is 2. The first-order chi connectivity index (χ1) is 44.5. The molecule has 550 valence electrons. The minimum Gasteiger partial charge on any atom is -0.378 e. The van der Waals surface area contributed by atoms with Crippen LogP contribution in [0.5, 0.6) is 0 Å². The molecule has 5 heterocycles. The average Bonchev–Trinajstić information content (AvgIpc) is 1.68. The number of piperidine rings is 1. The van der Waals surface area contributed by atoms with E-state index in [-0.39, 0.29) is 55.4 Å². The second kappa shape index (κ2) is 36.1. The van der Waals surface area contributed by atoms with Crippen molar-refractivity contribution in [2.45, 2.75) is 352 Å². The van der Waals surface area contributed by atoms with Crippen LogP contribution in [0, 0.1) is 0 Å². The normalized spacial score (nSPS) is 24.4. The third-order valence-corrected chi connectivity index (χ3v) is 21.2. The molecular weight excluding hydrogens is 1190 g/mol. The molecule has 5 amide bonds. The maximum absolute atomic E-state index is 13.1. The molecule has 5 aliphatic carbocycles. The summed E-state index contributed by atoms with van der Waals surface area (Å²) in [7, 11) is 2.13. The van der Waals surface area contributed by atoms with Crippen LogP contribution in [0.1, 0.15) is 296 Å². The number of ether oxygens (including phenoxy) is 1. The molecule has 18 nitrogen and oxygen atoms in total. The lowest BCUT2D eigenvalue weighted by Crippen LogP contribution is -2.65. The Morgan fingerprint density at radius 3 is 0.716 bits per heavy atom. The number of rotatable bonds is 10. The lowest BCUT2D eigenvalue weighted by Gasteiger charge is -2.46. The highest BCUT2D eigenvalue weighted by molar-refractivity contribution is 5.89. The summed E-state index contributed by atoms with van der Waals surface area (Å²) in [4.78, 5) is 77.6. The topological polar surface area (TPSA) is 186 Å². The van der Waals surface area contributed by atoms with Gasteiger partial charge in [-0.15, -0.1) is 0 Å². The van der Waals surface area contributed by atoms with Gasteiger partial charge in [-0.2, -0.15) is 0 Å². The zero-order valence-electron chi connectivity index (χ0n) is 64.2. The van der Waals surface area contributed by atoms with E-state index >= 15 is 0 Å². The lowest BCUT2D eigenvalue weighted by molar-refractivity contribution is -0.145. The predicted molar refractivity (Wildman–Crippen MR) is 391 cm³/mol. The molecule has 5 saturated heterocycles. The summed E-state index contributed by atoms with van der Waals surface area (Å²) < 4.78 is 5.36. The molecule has 0 aromatic rings. The predicted octanol–water partition coefficient (Wildman–Crippen LogP) is 11.1. The number of hydrogen-bond donors (Lipinski definition) is 6. The van der Waals surface area contributed by atoms with E-state index in [9.17, 15) is 24.0 Å². The number of nitrogens with zero attached hydrogens (tertiary/aromatic N) is 6. The van der Waals surface area contributed by atoms with Crippen molar-refractivity contribution < 1.29 is 28.7 Å². The number of nitrogens with one attached hydrogen (secondary N) is 6. The number of carbonyl (C=O) groups excluding carboxylic acids is 5. The van der Waals surface area contributed by atoms with Gasteiger partial charge in [0.2, 0.25) is 29.5 Å². The monoisotopic (exact) mass is 1340 g/mol. The Bertz CT molecular complexity index is 2150. The van der Waals surface area contributed by atoms with Crippen molar-refractivity contribution in [3.8, 4) is 0 Å². The van der Waals surface area contributed by atoms with E-state index < -0.39 is 0 Å². The average molecular weight is 1340 g/mol. The molecule has 0 bridgehead atoms. The Hall–Kier alpha value is -2.97. The number of hydrogen-bond acceptors (Lipinski definition) is 13. The van der Waals surface area contributed by atoms with Crippen molar-refractivity contribution in [2.24, 2.45) is 0 Å². The summed E-state index contributed by atoms with van der Waals surface area (Å²) in [5.74, 6) is 1.73. The molecule has 95 heavy (non-hydrogen) atoms. The molecule has 0 unspecified atom stereocenters. The molecular formula is C77H146N12O6. The van der Waals surface area contributed by atoms with Gasteiger partial charge in [-0.3, -0.25) is 50.6 Å². The fraction of sp³-hybridized carbons (Fsp3) is 0.935. The summed E-state index contributed by atoms with van der Waals surface area (Å²) in [6, 6.07) is 0. The standard InChI is InChI=1S/C16H31N3O.C16H30N2O.C15H29N3O.C15H28N2O2.C15H28N2O/c1-15(2,3)17-16(8-6-5-7-9-16)14(20)19-12-10-18(4)11-13-19;1-15(2,3)17-16(10-6-4-7-11-16)14(19)18-12-8-5-9-13-18;1-14(2,3)17-15(7-5-4-6-8-15)13(19)18-11-9-16-10-12-18;1-14(2,3)16-15(7-5-4-6-8-15)13(18)17-9-11-19-12-10-17;1-14(2,3)16-15(9-5-4-6-10-15)13(18)17-11-7-8-12-17/h17H,5-13H2,1-4H3;17H,4-13H2,1-3H3;16-17H,4-12H2,1-3H3;16H,4-12H2,1-3H3;16H,4-12H2,1-3H3. The molecule has 18 heteroatoms. The SMILES string of the molecule is CC(C)(C)NC1(C(=O)N2CCCC2)CCCCC1.CC(C)(C)NC1(C(=O)N2CCCCC2)CCCCC1.CC(C)(C)NC1(C(=O)N2CCNCC2)CCCCC1.CC(C)(C)NC1(C(=O)N2CCOCC2)CCCCC1.CN1CCN(C(=O)C2(NC(C)(C)C)CCCCC2)CC1. The van der Waals surface area contributed by atoms with Crippen molar-refractivity contribution in [3.05, 3.63) is 0 Å². The van der Waals surface area contributed by atoms with Crippen molar-refractivity contribution in [2.75, 3.05) is 112 Å². The van der Waals surface area contributed by atoms with Crippen molar-refractivity contribution in [1.82, 2.24) is 61.3 Å². The number of carbonyl (C=O) groups is 5. The van der Waals surface area contributed by atoms with Gasteiger partial charge in [0.1, 0.15) is 0 Å². The van der Waals surface area contributed by atoms with Gasteiger partial charge in [0.15, 0.2) is 0 Å². The van der Waals surface area contributed by atoms with Crippen LogP contribution in [0.2, 0.25) is 0 Å². The fourth-order valence-corrected chi connectivity index (χ4v) is 17.5. The van der Waals surface area contributed by atoms with E-state index in [1.165, 1.54) is 116 Å². The van der Waals surface area contributed by atoms with Gasteiger partial charge in [-0.25, -0.2) is 0 Å². The maximum atomic E-state index is 13.1. The summed E-state index contributed by atoms with van der Waals surface area (Å²) in [6.45, 7) is 46.5. The zero-order valence-corrected chi connectivity index (χ0v) is 64.2. The molecule has 10 rings (SSSR count). The fourth-order valence-electron chi connectivity index (χ4n) is 17.5. The van der Waals surface area contributed by atoms with E-state index in [2.05, 4.69) is 167 Å². The molecule has 5 aliphatic heterocycles. The van der Waals surface area contributed by atoms with Gasteiger partial charge >= 0.3 is 0 Å². The van der Waals surface area contributed by atoms with Crippen molar-refractivity contribution >= 4 is 29.5 Å². The van der Waals surface area contributed by atoms with Gasteiger partial charge in [0.05, 0.1) is 40.9 Å². The van der Waals surface area contributed by atoms with Crippen molar-refractivity contribution in [3.63, 3.8) is 0 Å². The quantitative estimate of drug-likeness (QED) is 0.121. The smallest absolute Gasteiger partial charge is 0.243 e. The second-order valence-corrected chi connectivity index (χ2v) is 36.0. The number of likely N-dealkylation sites (N-methyl/N-ethyl adjacent to an activating group) is 1. The van der Waals surface area contributed by atoms with E-state index in [4.69, 9.17) is 4.74 Å². The molecule has 10 aliphatic rings. The molecule has 0 spiro atoms. The van der Waals surface area contributed by atoms with E-state index in [0.717, 1.165) is 169 Å². The molecule has 5 saturated carbocycles. The summed E-state index contributed by atoms with van der Waals surface area (Å²) in [5.41, 5.74) is -1.57. The Morgan fingerprint density at radius 1 is 0.274 bits per heavy atom.